The van der Waals surface area contributed by atoms with Crippen LogP contribution in [-0.4, -0.2) is 21.7 Å². The Morgan fingerprint density at radius 2 is 1.85 bits per heavy atom. The molecule has 6 rings (SSSR count). The first kappa shape index (κ1) is 16.5. The number of hydrogen-bond acceptors (Lipinski definition) is 5. The first-order valence-electron chi connectivity index (χ1n) is 9.35. The molecule has 2 aromatic rings. The Hall–Kier alpha value is -1.69. The molecule has 4 nitrogen and oxygen atoms in total. The highest BCUT2D eigenvalue weighted by molar-refractivity contribution is 7.99. The van der Waals surface area contributed by atoms with Crippen LogP contribution in [0.5, 0.6) is 0 Å². The van der Waals surface area contributed by atoms with E-state index in [0.717, 1.165) is 23.6 Å². The van der Waals surface area contributed by atoms with E-state index in [4.69, 9.17) is 4.42 Å². The highest BCUT2D eigenvalue weighted by Crippen LogP contribution is 2.60. The number of aromatic nitrogens is 2. The summed E-state index contributed by atoms with van der Waals surface area (Å²) in [7, 11) is 0. The molecule has 0 radical (unpaired) electrons. The Balaban J connectivity index is 1.28. The smallest absolute Gasteiger partial charge is 0.277 e. The standard InChI is InChI=1S/C20H21FN2O2S/c21-16-3-1-2-15(7-16)17(24)11-26-19-23-22-18(25-19)20-8-12-4-13(9-20)6-14(5-12)10-20/h1-3,7,12-14H,4-6,8-11H2. The summed E-state index contributed by atoms with van der Waals surface area (Å²) in [5.41, 5.74) is 0.450. The summed E-state index contributed by atoms with van der Waals surface area (Å²) in [4.78, 5) is 12.2. The van der Waals surface area contributed by atoms with Crippen LogP contribution in [0.3, 0.4) is 0 Å². The molecule has 0 saturated heterocycles. The number of benzene rings is 1. The molecule has 0 atom stereocenters. The van der Waals surface area contributed by atoms with Crippen LogP contribution < -0.4 is 0 Å². The lowest BCUT2D eigenvalue weighted by Gasteiger charge is -2.55. The lowest BCUT2D eigenvalue weighted by atomic mass is 9.49. The van der Waals surface area contributed by atoms with Crippen molar-refractivity contribution in [1.82, 2.24) is 10.2 Å². The largest absolute Gasteiger partial charge is 0.415 e. The Morgan fingerprint density at radius 1 is 1.15 bits per heavy atom. The van der Waals surface area contributed by atoms with Crippen LogP contribution in [0.1, 0.15) is 54.8 Å². The number of nitrogens with zero attached hydrogens (tertiary/aromatic N) is 2. The zero-order valence-corrected chi connectivity index (χ0v) is 15.3. The number of rotatable bonds is 5. The third-order valence-electron chi connectivity index (χ3n) is 6.37. The average molecular weight is 372 g/mol. The summed E-state index contributed by atoms with van der Waals surface area (Å²) >= 11 is 1.24. The molecular weight excluding hydrogens is 351 g/mol. The van der Waals surface area contributed by atoms with Crippen molar-refractivity contribution in [2.45, 2.75) is 49.2 Å². The van der Waals surface area contributed by atoms with E-state index in [1.54, 1.807) is 12.1 Å². The van der Waals surface area contributed by atoms with Gasteiger partial charge in [-0.3, -0.25) is 4.79 Å². The van der Waals surface area contributed by atoms with Gasteiger partial charge < -0.3 is 4.42 Å². The fourth-order valence-electron chi connectivity index (χ4n) is 5.73. The van der Waals surface area contributed by atoms with Gasteiger partial charge in [0.2, 0.25) is 5.89 Å². The predicted octanol–water partition coefficient (Wildman–Crippen LogP) is 4.65. The SMILES string of the molecule is O=C(CSc1nnc(C23CC4CC(CC(C4)C2)C3)o1)c1cccc(F)c1. The van der Waals surface area contributed by atoms with Crippen molar-refractivity contribution in [3.63, 3.8) is 0 Å². The van der Waals surface area contributed by atoms with Crippen molar-refractivity contribution in [3.05, 3.63) is 41.5 Å². The number of halogens is 1. The van der Waals surface area contributed by atoms with Gasteiger partial charge in [-0.05, 0) is 68.4 Å². The summed E-state index contributed by atoms with van der Waals surface area (Å²) in [5, 5.41) is 8.98. The van der Waals surface area contributed by atoms with Crippen LogP contribution in [-0.2, 0) is 5.41 Å². The van der Waals surface area contributed by atoms with Crippen LogP contribution >= 0.6 is 11.8 Å². The summed E-state index contributed by atoms with van der Waals surface area (Å²) in [6, 6.07) is 5.77. The highest BCUT2D eigenvalue weighted by atomic mass is 32.2. The zero-order valence-electron chi connectivity index (χ0n) is 14.5. The van der Waals surface area contributed by atoms with Gasteiger partial charge in [0, 0.05) is 11.0 Å². The van der Waals surface area contributed by atoms with Crippen molar-refractivity contribution in [2.75, 3.05) is 5.75 Å². The van der Waals surface area contributed by atoms with E-state index < -0.39 is 5.82 Å². The first-order chi connectivity index (χ1) is 12.6. The minimum atomic E-state index is -0.400. The molecule has 4 saturated carbocycles. The Morgan fingerprint density at radius 3 is 2.50 bits per heavy atom. The minimum Gasteiger partial charge on any atom is -0.415 e. The Labute approximate surface area is 156 Å². The maximum Gasteiger partial charge on any atom is 0.277 e. The Bertz CT molecular complexity index is 815. The molecule has 6 heteroatoms. The van der Waals surface area contributed by atoms with Crippen LogP contribution in [0, 0.1) is 23.6 Å². The average Bonchev–Trinajstić information content (AvgIpc) is 3.08. The monoisotopic (exact) mass is 372 g/mol. The molecule has 1 aromatic carbocycles. The summed E-state index contributed by atoms with van der Waals surface area (Å²) in [6.45, 7) is 0. The molecule has 4 bridgehead atoms. The molecule has 0 aliphatic heterocycles. The quantitative estimate of drug-likeness (QED) is 0.565. The van der Waals surface area contributed by atoms with E-state index in [2.05, 4.69) is 10.2 Å². The van der Waals surface area contributed by atoms with E-state index in [1.165, 1.54) is 62.4 Å². The molecule has 4 fully saturated rings. The molecule has 0 N–H and O–H groups in total. The fourth-order valence-corrected chi connectivity index (χ4v) is 6.39. The molecule has 4 aliphatic carbocycles. The fraction of sp³-hybridized carbons (Fsp3) is 0.550. The summed E-state index contributed by atoms with van der Waals surface area (Å²) in [6.07, 6.45) is 7.64. The molecule has 26 heavy (non-hydrogen) atoms. The molecular formula is C20H21FN2O2S. The Kier molecular flexibility index (Phi) is 3.92. The second kappa shape index (κ2) is 6.19. The van der Waals surface area contributed by atoms with E-state index >= 15 is 0 Å². The van der Waals surface area contributed by atoms with Gasteiger partial charge in [-0.15, -0.1) is 10.2 Å². The first-order valence-corrected chi connectivity index (χ1v) is 10.3. The summed E-state index contributed by atoms with van der Waals surface area (Å²) < 4.78 is 19.2. The molecule has 1 heterocycles. The van der Waals surface area contributed by atoms with Gasteiger partial charge in [0.25, 0.3) is 5.22 Å². The minimum absolute atomic E-state index is 0.0765. The number of ketones is 1. The number of hydrogen-bond donors (Lipinski definition) is 0. The van der Waals surface area contributed by atoms with E-state index in [1.807, 2.05) is 0 Å². The molecule has 0 unspecified atom stereocenters. The molecule has 136 valence electrons. The number of Topliss-reactive ketones (excluding diaryl/α,β-unsaturated/α-hetero) is 1. The third kappa shape index (κ3) is 2.88. The van der Waals surface area contributed by atoms with Gasteiger partial charge in [-0.25, -0.2) is 4.39 Å². The second-order valence-corrected chi connectivity index (χ2v) is 9.22. The molecule has 1 aromatic heterocycles. The third-order valence-corrected chi connectivity index (χ3v) is 7.19. The second-order valence-electron chi connectivity index (χ2n) is 8.29. The van der Waals surface area contributed by atoms with Crippen LogP contribution in [0.2, 0.25) is 0 Å². The van der Waals surface area contributed by atoms with E-state index in [-0.39, 0.29) is 17.0 Å². The van der Waals surface area contributed by atoms with Crippen molar-refractivity contribution in [2.24, 2.45) is 17.8 Å². The van der Waals surface area contributed by atoms with Crippen molar-refractivity contribution in [3.8, 4) is 0 Å². The number of thioether (sulfide) groups is 1. The molecule has 0 amide bonds. The van der Waals surface area contributed by atoms with Gasteiger partial charge in [0.1, 0.15) is 5.82 Å². The topological polar surface area (TPSA) is 56.0 Å². The lowest BCUT2D eigenvalue weighted by Crippen LogP contribution is -2.48. The summed E-state index contributed by atoms with van der Waals surface area (Å²) in [5.74, 6) is 2.87. The molecule has 0 spiro atoms. The highest BCUT2D eigenvalue weighted by Gasteiger charge is 2.54. The van der Waals surface area contributed by atoms with Crippen LogP contribution in [0.15, 0.2) is 33.9 Å². The van der Waals surface area contributed by atoms with Crippen molar-refractivity contribution >= 4 is 17.5 Å². The van der Waals surface area contributed by atoms with Gasteiger partial charge in [-0.2, -0.15) is 0 Å². The van der Waals surface area contributed by atoms with Gasteiger partial charge >= 0.3 is 0 Å². The van der Waals surface area contributed by atoms with Gasteiger partial charge in [0.05, 0.1) is 5.75 Å². The lowest BCUT2D eigenvalue weighted by molar-refractivity contribution is -0.0191. The maximum absolute atomic E-state index is 13.3. The number of carbonyl (C=O) groups excluding carboxylic acids is 1. The van der Waals surface area contributed by atoms with Crippen LogP contribution in [0.25, 0.3) is 0 Å². The van der Waals surface area contributed by atoms with Crippen molar-refractivity contribution < 1.29 is 13.6 Å². The maximum atomic E-state index is 13.3. The number of carbonyl (C=O) groups is 1. The molecule has 4 aliphatic rings. The van der Waals surface area contributed by atoms with E-state index in [9.17, 15) is 9.18 Å². The van der Waals surface area contributed by atoms with Crippen molar-refractivity contribution in [1.29, 1.82) is 0 Å². The van der Waals surface area contributed by atoms with Crippen LogP contribution in [0.4, 0.5) is 4.39 Å². The normalized spacial score (nSPS) is 32.1. The zero-order chi connectivity index (χ0) is 17.7. The van der Waals surface area contributed by atoms with Gasteiger partial charge in [0.15, 0.2) is 5.78 Å². The van der Waals surface area contributed by atoms with E-state index in [0.29, 0.717) is 10.8 Å². The predicted molar refractivity (Wildman–Crippen MR) is 95.6 cm³/mol. The van der Waals surface area contributed by atoms with Gasteiger partial charge in [-0.1, -0.05) is 23.9 Å².